The molecule has 10 heteroatoms. The van der Waals surface area contributed by atoms with Gasteiger partial charge < -0.3 is 10.1 Å². The Hall–Kier alpha value is -3.71. The monoisotopic (exact) mass is 426 g/mol. The first kappa shape index (κ1) is 21.0. The number of rotatable bonds is 7. The van der Waals surface area contributed by atoms with Crippen LogP contribution in [-0.2, 0) is 9.71 Å². The van der Waals surface area contributed by atoms with Gasteiger partial charge in [0.2, 0.25) is 5.95 Å². The first-order valence-corrected chi connectivity index (χ1v) is 10.7. The quantitative estimate of drug-likeness (QED) is 0.339. The highest BCUT2D eigenvalue weighted by Crippen LogP contribution is 2.28. The Morgan fingerprint density at radius 2 is 2.10 bits per heavy atom. The molecule has 0 saturated heterocycles. The summed E-state index contributed by atoms with van der Waals surface area (Å²) >= 11 is 0. The topological polar surface area (TPSA) is 113 Å². The number of ether oxygens (including phenoxy) is 1. The maximum Gasteiger partial charge on any atom is 0.230 e. The molecule has 154 valence electrons. The summed E-state index contributed by atoms with van der Waals surface area (Å²) in [7, 11) is -1.18. The molecule has 30 heavy (non-hydrogen) atoms. The van der Waals surface area contributed by atoms with Crippen molar-refractivity contribution in [2.45, 2.75) is 6.92 Å². The van der Waals surface area contributed by atoms with Crippen molar-refractivity contribution < 1.29 is 13.3 Å². The lowest BCUT2D eigenvalue weighted by molar-refractivity contribution is 0.412. The lowest BCUT2D eigenvalue weighted by atomic mass is 10.2. The molecule has 0 radical (unpaired) electrons. The lowest BCUT2D eigenvalue weighted by Gasteiger charge is -2.10. The van der Waals surface area contributed by atoms with E-state index in [9.17, 15) is 8.60 Å². The molecule has 0 bridgehead atoms. The minimum absolute atomic E-state index is 0.273. The van der Waals surface area contributed by atoms with Gasteiger partial charge in [-0.25, -0.2) is 23.3 Å². The number of halogens is 1. The van der Waals surface area contributed by atoms with E-state index in [0.717, 1.165) is 0 Å². The highest BCUT2D eigenvalue weighted by molar-refractivity contribution is 7.99. The number of benzene rings is 2. The van der Waals surface area contributed by atoms with Crippen LogP contribution in [0.2, 0.25) is 0 Å². The Kier molecular flexibility index (Phi) is 6.44. The summed E-state index contributed by atoms with van der Waals surface area (Å²) in [5, 5.41) is 13.4. The fourth-order valence-corrected chi connectivity index (χ4v) is 3.75. The second-order valence-electron chi connectivity index (χ2n) is 6.07. The van der Waals surface area contributed by atoms with Crippen molar-refractivity contribution in [1.29, 1.82) is 5.26 Å². The first-order valence-electron chi connectivity index (χ1n) is 8.89. The minimum atomic E-state index is -2.62. The van der Waals surface area contributed by atoms with Crippen LogP contribution in [0.4, 0.5) is 16.0 Å². The first-order chi connectivity index (χ1) is 14.5. The van der Waals surface area contributed by atoms with Crippen molar-refractivity contribution in [2.24, 2.45) is 0 Å². The van der Waals surface area contributed by atoms with Crippen molar-refractivity contribution in [1.82, 2.24) is 19.7 Å². The van der Waals surface area contributed by atoms with Crippen LogP contribution in [0.15, 0.2) is 48.8 Å². The average Bonchev–Trinajstić information content (AvgIpc) is 2.74. The van der Waals surface area contributed by atoms with Crippen molar-refractivity contribution in [3.63, 3.8) is 0 Å². The highest BCUT2D eigenvalue weighted by Gasteiger charge is 2.11. The zero-order valence-corrected chi connectivity index (χ0v) is 17.1. The molecule has 8 nitrogen and oxygen atoms in total. The van der Waals surface area contributed by atoms with E-state index in [4.69, 9.17) is 10.00 Å². The van der Waals surface area contributed by atoms with E-state index in [-0.39, 0.29) is 11.7 Å². The van der Waals surface area contributed by atoms with Gasteiger partial charge in [0.05, 0.1) is 22.4 Å². The molecule has 1 heterocycles. The van der Waals surface area contributed by atoms with E-state index in [2.05, 4.69) is 25.0 Å². The van der Waals surface area contributed by atoms with Gasteiger partial charge in [-0.1, -0.05) is 19.1 Å². The molecule has 0 aliphatic rings. The number of anilines is 2. The van der Waals surface area contributed by atoms with Crippen LogP contribution in [0.5, 0.6) is 5.75 Å². The molecular weight excluding hydrogens is 407 g/mol. The van der Waals surface area contributed by atoms with Gasteiger partial charge in [-0.3, -0.25) is 0 Å². The maximum absolute atomic E-state index is 13.5. The highest BCUT2D eigenvalue weighted by atomic mass is 32.2. The van der Waals surface area contributed by atoms with Crippen LogP contribution in [0.3, 0.4) is 0 Å². The standard InChI is InChI=1S/C20H19FN6O2S/c1-3-30(28,25-12-22)11-14-5-4-6-16(9-14)26-20-24-13-23-19(27-20)17-8-7-15(21)10-18(17)29-2/h4-11,13H,3H2,1-2H3,(H,25,28)(H,23,24,26,27). The van der Waals surface area contributed by atoms with E-state index in [1.165, 1.54) is 37.0 Å². The van der Waals surface area contributed by atoms with Crippen LogP contribution < -0.4 is 14.8 Å². The summed E-state index contributed by atoms with van der Waals surface area (Å²) in [5.74, 6) is 0.761. The molecule has 3 rings (SSSR count). The molecule has 3 aromatic rings. The van der Waals surface area contributed by atoms with Crippen LogP contribution in [0.25, 0.3) is 11.4 Å². The molecule has 0 aliphatic heterocycles. The summed E-state index contributed by atoms with van der Waals surface area (Å²) in [6.45, 7) is 1.74. The van der Waals surface area contributed by atoms with Gasteiger partial charge in [0.1, 0.15) is 17.9 Å². The zero-order chi connectivity index (χ0) is 21.6. The number of methoxy groups -OCH3 is 1. The van der Waals surface area contributed by atoms with E-state index < -0.39 is 15.5 Å². The van der Waals surface area contributed by atoms with Gasteiger partial charge in [-0.05, 0) is 29.8 Å². The van der Waals surface area contributed by atoms with Crippen molar-refractivity contribution >= 4 is 26.7 Å². The maximum atomic E-state index is 13.5. The normalized spacial score (nSPS) is 12.3. The van der Waals surface area contributed by atoms with E-state index in [0.29, 0.717) is 28.4 Å². The third-order valence-corrected chi connectivity index (χ3v) is 6.04. The number of nitriles is 1. The van der Waals surface area contributed by atoms with Crippen LogP contribution in [-0.4, -0.2) is 37.4 Å². The Morgan fingerprint density at radius 3 is 2.83 bits per heavy atom. The second-order valence-corrected chi connectivity index (χ2v) is 8.54. The molecule has 1 unspecified atom stereocenters. The molecule has 0 aliphatic carbocycles. The largest absolute Gasteiger partial charge is 0.496 e. The third-order valence-electron chi connectivity index (χ3n) is 4.09. The van der Waals surface area contributed by atoms with Crippen LogP contribution >= 0.6 is 0 Å². The molecule has 0 spiro atoms. The van der Waals surface area contributed by atoms with E-state index >= 15 is 0 Å². The van der Waals surface area contributed by atoms with Crippen molar-refractivity contribution in [2.75, 3.05) is 18.2 Å². The van der Waals surface area contributed by atoms with E-state index in [1.54, 1.807) is 37.4 Å². The van der Waals surface area contributed by atoms with Gasteiger partial charge in [0, 0.05) is 22.9 Å². The predicted molar refractivity (Wildman–Crippen MR) is 114 cm³/mol. The fourth-order valence-electron chi connectivity index (χ4n) is 2.64. The van der Waals surface area contributed by atoms with Crippen LogP contribution in [0, 0.1) is 17.3 Å². The predicted octanol–water partition coefficient (Wildman–Crippen LogP) is 2.87. The molecule has 0 saturated carbocycles. The molecule has 0 amide bonds. The Balaban J connectivity index is 1.90. The number of hydrogen-bond donors (Lipinski definition) is 2. The lowest BCUT2D eigenvalue weighted by Crippen LogP contribution is -2.23. The molecular formula is C20H19FN6O2S. The van der Waals surface area contributed by atoms with Crippen molar-refractivity contribution in [3.05, 3.63) is 60.2 Å². The van der Waals surface area contributed by atoms with Gasteiger partial charge in [0.25, 0.3) is 0 Å². The Bertz CT molecular complexity index is 1220. The van der Waals surface area contributed by atoms with Crippen molar-refractivity contribution in [3.8, 4) is 23.3 Å². The number of hydrogen-bond acceptors (Lipinski definition) is 7. The molecule has 1 atom stereocenters. The van der Waals surface area contributed by atoms with E-state index in [1.807, 2.05) is 0 Å². The molecule has 1 aromatic heterocycles. The number of nitrogens with zero attached hydrogens (tertiary/aromatic N) is 4. The minimum Gasteiger partial charge on any atom is -0.496 e. The summed E-state index contributed by atoms with van der Waals surface area (Å²) < 4.78 is 33.6. The summed E-state index contributed by atoms with van der Waals surface area (Å²) in [4.78, 5) is 12.6. The molecule has 2 aromatic carbocycles. The Morgan fingerprint density at radius 1 is 1.27 bits per heavy atom. The Labute approximate surface area is 173 Å². The van der Waals surface area contributed by atoms with Gasteiger partial charge in [-0.2, -0.15) is 10.2 Å². The average molecular weight is 426 g/mol. The van der Waals surface area contributed by atoms with Crippen LogP contribution in [0.1, 0.15) is 12.5 Å². The fraction of sp³-hybridized carbons (Fsp3) is 0.150. The third kappa shape index (κ3) is 5.01. The molecule has 0 fully saturated rings. The number of nitrogens with one attached hydrogen (secondary N) is 2. The summed E-state index contributed by atoms with van der Waals surface area (Å²) in [6.07, 6.45) is 3.07. The molecule has 2 N–H and O–H groups in total. The summed E-state index contributed by atoms with van der Waals surface area (Å²) in [5.41, 5.74) is 1.85. The smallest absolute Gasteiger partial charge is 0.230 e. The second kappa shape index (κ2) is 9.19. The van der Waals surface area contributed by atoms with Gasteiger partial charge >= 0.3 is 0 Å². The van der Waals surface area contributed by atoms with Gasteiger partial charge in [0.15, 0.2) is 12.0 Å². The summed E-state index contributed by atoms with van der Waals surface area (Å²) in [6, 6.07) is 11.2. The zero-order valence-electron chi connectivity index (χ0n) is 16.3. The SMILES string of the molecule is CCS(=O)(=Cc1cccc(Nc2ncnc(-c3ccc(F)cc3OC)n2)c1)NC#N. The van der Waals surface area contributed by atoms with Gasteiger partial charge in [-0.15, -0.1) is 0 Å². The number of aromatic nitrogens is 3.